The zero-order chi connectivity index (χ0) is 15.7. The van der Waals surface area contributed by atoms with E-state index in [9.17, 15) is 19.8 Å². The van der Waals surface area contributed by atoms with E-state index in [-0.39, 0.29) is 11.3 Å². The number of aromatic hydroxyl groups is 1. The van der Waals surface area contributed by atoms with Crippen molar-refractivity contribution in [1.82, 2.24) is 5.32 Å². The second-order valence-corrected chi connectivity index (χ2v) is 6.92. The Morgan fingerprint density at radius 3 is 2.25 bits per heavy atom. The molecule has 0 heterocycles. The van der Waals surface area contributed by atoms with Gasteiger partial charge in [-0.2, -0.15) is 0 Å². The summed E-state index contributed by atoms with van der Waals surface area (Å²) in [6.07, 6.45) is 0. The summed E-state index contributed by atoms with van der Waals surface area (Å²) < 4.78 is 0.806. The van der Waals surface area contributed by atoms with Gasteiger partial charge in [0.25, 0.3) is 5.91 Å². The van der Waals surface area contributed by atoms with Crippen molar-refractivity contribution in [2.75, 3.05) is 0 Å². The lowest BCUT2D eigenvalue weighted by atomic mass is 9.74. The highest BCUT2D eigenvalue weighted by Crippen LogP contribution is 2.31. The van der Waals surface area contributed by atoms with Crippen molar-refractivity contribution >= 4 is 34.5 Å². The molecule has 0 saturated heterocycles. The summed E-state index contributed by atoms with van der Waals surface area (Å²) in [5.41, 5.74) is -2.00. The molecule has 0 spiro atoms. The molecule has 3 N–H and O–H groups in total. The maximum absolute atomic E-state index is 12.2. The number of amides is 1. The van der Waals surface area contributed by atoms with Crippen molar-refractivity contribution in [2.24, 2.45) is 5.41 Å². The third-order valence-electron chi connectivity index (χ3n) is 3.73. The van der Waals surface area contributed by atoms with Crippen molar-refractivity contribution in [3.8, 4) is 5.75 Å². The minimum Gasteiger partial charge on any atom is -0.507 e. The second-order valence-electron chi connectivity index (χ2n) is 5.67. The maximum Gasteiger partial charge on any atom is 0.311 e. The average Bonchev–Trinajstić information content (AvgIpc) is 2.31. The molecule has 0 fully saturated rings. The van der Waals surface area contributed by atoms with Crippen LogP contribution in [0.1, 0.15) is 38.1 Å². The highest BCUT2D eigenvalue weighted by atomic mass is 127. The van der Waals surface area contributed by atoms with Crippen LogP contribution in [0, 0.1) is 8.99 Å². The molecule has 0 aliphatic carbocycles. The quantitative estimate of drug-likeness (QED) is 0.689. The molecule has 0 saturated carbocycles. The van der Waals surface area contributed by atoms with Crippen LogP contribution < -0.4 is 5.32 Å². The van der Waals surface area contributed by atoms with Gasteiger partial charge in [0.1, 0.15) is 5.75 Å². The van der Waals surface area contributed by atoms with Crippen LogP contribution in [0.25, 0.3) is 0 Å². The monoisotopic (exact) mass is 391 g/mol. The van der Waals surface area contributed by atoms with Crippen molar-refractivity contribution in [2.45, 2.75) is 33.2 Å². The number of rotatable bonds is 4. The normalized spacial score (nSPS) is 12.1. The van der Waals surface area contributed by atoms with E-state index in [0.29, 0.717) is 0 Å². The fourth-order valence-corrected chi connectivity index (χ4v) is 1.96. The van der Waals surface area contributed by atoms with E-state index in [1.807, 2.05) is 22.6 Å². The molecule has 6 heteroatoms. The van der Waals surface area contributed by atoms with Gasteiger partial charge in [-0.25, -0.2) is 0 Å². The standard InChI is InChI=1S/C14H18INO4/c1-13(2,12(19)20)14(3,4)16-11(18)9-7-8(15)5-6-10(9)17/h5-7,17H,1-4H3,(H,16,18)(H,19,20). The van der Waals surface area contributed by atoms with Crippen LogP contribution >= 0.6 is 22.6 Å². The van der Waals surface area contributed by atoms with Gasteiger partial charge in [-0.15, -0.1) is 0 Å². The SMILES string of the molecule is CC(C)(NC(=O)c1cc(I)ccc1O)C(C)(C)C(=O)O. The van der Waals surface area contributed by atoms with Gasteiger partial charge in [0.05, 0.1) is 16.5 Å². The number of carboxylic acids is 1. The molecule has 20 heavy (non-hydrogen) atoms. The third kappa shape index (κ3) is 3.23. The molecular formula is C14H18INO4. The van der Waals surface area contributed by atoms with Gasteiger partial charge in [0.2, 0.25) is 0 Å². The number of phenols is 1. The van der Waals surface area contributed by atoms with Crippen LogP contribution in [0.2, 0.25) is 0 Å². The van der Waals surface area contributed by atoms with Gasteiger partial charge in [-0.3, -0.25) is 9.59 Å². The highest BCUT2D eigenvalue weighted by molar-refractivity contribution is 14.1. The number of aliphatic carboxylic acids is 1. The Morgan fingerprint density at radius 2 is 1.75 bits per heavy atom. The number of hydrogen-bond acceptors (Lipinski definition) is 3. The lowest BCUT2D eigenvalue weighted by Gasteiger charge is -2.38. The molecule has 1 aromatic rings. The number of carboxylic acid groups (broad SMARTS) is 1. The number of phenolic OH excluding ortho intramolecular Hbond substituents is 1. The van der Waals surface area contributed by atoms with E-state index in [4.69, 9.17) is 0 Å². The summed E-state index contributed by atoms with van der Waals surface area (Å²) in [5.74, 6) is -1.64. The Bertz CT molecular complexity index is 552. The van der Waals surface area contributed by atoms with Crippen molar-refractivity contribution in [3.05, 3.63) is 27.3 Å². The van der Waals surface area contributed by atoms with Gasteiger partial charge in [0.15, 0.2) is 0 Å². The smallest absolute Gasteiger partial charge is 0.311 e. The van der Waals surface area contributed by atoms with Gasteiger partial charge in [-0.1, -0.05) is 0 Å². The predicted molar refractivity (Wildman–Crippen MR) is 83.8 cm³/mol. The number of carbonyl (C=O) groups is 2. The average molecular weight is 391 g/mol. The molecule has 0 aliphatic rings. The summed E-state index contributed by atoms with van der Waals surface area (Å²) in [4.78, 5) is 23.5. The maximum atomic E-state index is 12.2. The number of carbonyl (C=O) groups excluding carboxylic acids is 1. The van der Waals surface area contributed by atoms with E-state index in [1.54, 1.807) is 39.8 Å². The van der Waals surface area contributed by atoms with Crippen molar-refractivity contribution < 1.29 is 19.8 Å². The fraction of sp³-hybridized carbons (Fsp3) is 0.429. The number of nitrogens with one attached hydrogen (secondary N) is 1. The highest BCUT2D eigenvalue weighted by Gasteiger charge is 2.44. The topological polar surface area (TPSA) is 86.6 Å². The Labute approximate surface area is 131 Å². The van der Waals surface area contributed by atoms with Crippen LogP contribution in [0.4, 0.5) is 0 Å². The Balaban J connectivity index is 3.06. The summed E-state index contributed by atoms with van der Waals surface area (Å²) in [6, 6.07) is 4.67. The minimum atomic E-state index is -1.15. The van der Waals surface area contributed by atoms with E-state index < -0.39 is 22.8 Å². The molecule has 1 rings (SSSR count). The summed E-state index contributed by atoms with van der Waals surface area (Å²) in [5, 5.41) is 21.7. The Morgan fingerprint density at radius 1 is 1.20 bits per heavy atom. The number of benzene rings is 1. The first-order chi connectivity index (χ1) is 8.99. The molecule has 1 amide bonds. The lowest BCUT2D eigenvalue weighted by molar-refractivity contribution is -0.150. The molecule has 0 atom stereocenters. The molecule has 5 nitrogen and oxygen atoms in total. The zero-order valence-electron chi connectivity index (χ0n) is 11.8. The first-order valence-electron chi connectivity index (χ1n) is 6.03. The van der Waals surface area contributed by atoms with Crippen LogP contribution in [0.15, 0.2) is 18.2 Å². The molecule has 0 bridgehead atoms. The first-order valence-corrected chi connectivity index (χ1v) is 7.11. The third-order valence-corrected chi connectivity index (χ3v) is 4.40. The summed E-state index contributed by atoms with van der Waals surface area (Å²) >= 11 is 2.03. The number of halogens is 1. The van der Waals surface area contributed by atoms with Crippen LogP contribution in [0.3, 0.4) is 0 Å². The van der Waals surface area contributed by atoms with E-state index >= 15 is 0 Å². The molecule has 0 unspecified atom stereocenters. The van der Waals surface area contributed by atoms with Crippen molar-refractivity contribution in [3.63, 3.8) is 0 Å². The molecule has 0 aromatic heterocycles. The van der Waals surface area contributed by atoms with Crippen LogP contribution in [-0.2, 0) is 4.79 Å². The molecule has 110 valence electrons. The number of hydrogen-bond donors (Lipinski definition) is 3. The van der Waals surface area contributed by atoms with E-state index in [2.05, 4.69) is 5.32 Å². The van der Waals surface area contributed by atoms with Gasteiger partial charge in [0, 0.05) is 3.57 Å². The predicted octanol–water partition coefficient (Wildman–Crippen LogP) is 2.62. The van der Waals surface area contributed by atoms with E-state index in [1.165, 1.54) is 6.07 Å². The van der Waals surface area contributed by atoms with Crippen molar-refractivity contribution in [1.29, 1.82) is 0 Å². The minimum absolute atomic E-state index is 0.131. The Hall–Kier alpha value is -1.31. The molecule has 0 aliphatic heterocycles. The lowest BCUT2D eigenvalue weighted by Crippen LogP contribution is -2.56. The van der Waals surface area contributed by atoms with Crippen LogP contribution in [0.5, 0.6) is 5.75 Å². The van der Waals surface area contributed by atoms with Crippen LogP contribution in [-0.4, -0.2) is 27.6 Å². The van der Waals surface area contributed by atoms with E-state index in [0.717, 1.165) is 3.57 Å². The second kappa shape index (κ2) is 5.59. The Kier molecular flexibility index (Phi) is 4.68. The van der Waals surface area contributed by atoms with Gasteiger partial charge in [-0.05, 0) is 68.5 Å². The summed E-state index contributed by atoms with van der Waals surface area (Å²) in [6.45, 7) is 6.38. The summed E-state index contributed by atoms with van der Waals surface area (Å²) in [7, 11) is 0. The van der Waals surface area contributed by atoms with Gasteiger partial charge < -0.3 is 15.5 Å². The molecule has 0 radical (unpaired) electrons. The largest absolute Gasteiger partial charge is 0.507 e. The zero-order valence-corrected chi connectivity index (χ0v) is 14.0. The molecule has 1 aromatic carbocycles. The molecular weight excluding hydrogens is 373 g/mol. The van der Waals surface area contributed by atoms with Gasteiger partial charge >= 0.3 is 5.97 Å². The fourth-order valence-electron chi connectivity index (χ4n) is 1.46. The first kappa shape index (κ1) is 16.7.